The molecule has 0 radical (unpaired) electrons. The Bertz CT molecular complexity index is 750. The lowest BCUT2D eigenvalue weighted by Crippen LogP contribution is -2.50. The van der Waals surface area contributed by atoms with E-state index < -0.39 is 11.6 Å². The minimum absolute atomic E-state index is 0.0783. The number of amides is 2. The van der Waals surface area contributed by atoms with Crippen LogP contribution in [0, 0.1) is 0 Å². The summed E-state index contributed by atoms with van der Waals surface area (Å²) in [5.74, 6) is -0.513. The van der Waals surface area contributed by atoms with Gasteiger partial charge in [-0.15, -0.1) is 16.4 Å². The predicted octanol–water partition coefficient (Wildman–Crippen LogP) is 2.88. The van der Waals surface area contributed by atoms with Gasteiger partial charge in [0.25, 0.3) is 5.91 Å². The van der Waals surface area contributed by atoms with Crippen LogP contribution in [0.3, 0.4) is 0 Å². The van der Waals surface area contributed by atoms with Gasteiger partial charge in [-0.3, -0.25) is 9.59 Å². The summed E-state index contributed by atoms with van der Waals surface area (Å²) in [5, 5.41) is 10.4. The molecule has 7 nitrogen and oxygen atoms in total. The number of nitrogens with one attached hydrogen (secondary N) is 1. The Morgan fingerprint density at radius 1 is 1.44 bits per heavy atom. The highest BCUT2D eigenvalue weighted by molar-refractivity contribution is 7.10. The van der Waals surface area contributed by atoms with Gasteiger partial charge in [0.1, 0.15) is 6.04 Å². The zero-order valence-electron chi connectivity index (χ0n) is 15.7. The maximum absolute atomic E-state index is 13.2. The third kappa shape index (κ3) is 5.12. The van der Waals surface area contributed by atoms with E-state index in [0.29, 0.717) is 13.2 Å². The van der Waals surface area contributed by atoms with E-state index in [0.717, 1.165) is 29.3 Å². The van der Waals surface area contributed by atoms with Crippen molar-refractivity contribution in [2.75, 3.05) is 13.2 Å². The van der Waals surface area contributed by atoms with E-state index >= 15 is 0 Å². The lowest BCUT2D eigenvalue weighted by Gasteiger charge is -2.33. The second-order valence-corrected chi connectivity index (χ2v) is 9.13. The molecule has 3 rings (SSSR count). The number of thiophene rings is 1. The molecule has 2 atom stereocenters. The molecule has 1 aliphatic heterocycles. The topological polar surface area (TPSA) is 84.4 Å². The highest BCUT2D eigenvalue weighted by Gasteiger charge is 2.37. The minimum Gasteiger partial charge on any atom is -0.376 e. The number of aromatic nitrogens is 2. The van der Waals surface area contributed by atoms with E-state index in [1.807, 2.05) is 38.3 Å². The monoisotopic (exact) mass is 408 g/mol. The first-order valence-electron chi connectivity index (χ1n) is 8.90. The standard InChI is InChI=1S/C18H24N4O3S2/c1-18(2,3)19-16(23)15(14-7-5-9-26-14)22(10-12-6-4-8-25-12)17(24)13-11-27-21-20-13/h5,7,9,11-12,15H,4,6,8,10H2,1-3H3,(H,19,23)/t12-,15+/m1/s1. The van der Waals surface area contributed by atoms with Crippen LogP contribution in [0.1, 0.15) is 55.0 Å². The van der Waals surface area contributed by atoms with E-state index in [2.05, 4.69) is 14.9 Å². The first-order valence-corrected chi connectivity index (χ1v) is 10.6. The molecule has 146 valence electrons. The number of carbonyl (C=O) groups is 2. The molecule has 2 aromatic rings. The van der Waals surface area contributed by atoms with Gasteiger partial charge in [0.05, 0.1) is 6.10 Å². The van der Waals surface area contributed by atoms with Gasteiger partial charge >= 0.3 is 0 Å². The van der Waals surface area contributed by atoms with Crippen LogP contribution in [0.15, 0.2) is 22.9 Å². The molecule has 2 amide bonds. The second kappa shape index (κ2) is 8.45. The first-order chi connectivity index (χ1) is 12.8. The van der Waals surface area contributed by atoms with Crippen LogP contribution in [0.5, 0.6) is 0 Å². The number of carbonyl (C=O) groups excluding carboxylic acids is 2. The molecule has 0 aromatic carbocycles. The number of nitrogens with zero attached hydrogens (tertiary/aromatic N) is 3. The van der Waals surface area contributed by atoms with Gasteiger partial charge in [-0.1, -0.05) is 10.6 Å². The summed E-state index contributed by atoms with van der Waals surface area (Å²) in [6.07, 6.45) is 1.75. The summed E-state index contributed by atoms with van der Waals surface area (Å²) >= 11 is 2.58. The van der Waals surface area contributed by atoms with Crippen LogP contribution in [0.2, 0.25) is 0 Å². The summed E-state index contributed by atoms with van der Waals surface area (Å²) < 4.78 is 9.54. The zero-order chi connectivity index (χ0) is 19.4. The number of hydrogen-bond donors (Lipinski definition) is 1. The molecular formula is C18H24N4O3S2. The van der Waals surface area contributed by atoms with Crippen LogP contribution in [-0.4, -0.2) is 51.1 Å². The molecule has 1 N–H and O–H groups in total. The van der Waals surface area contributed by atoms with Gasteiger partial charge in [-0.05, 0) is 56.6 Å². The van der Waals surface area contributed by atoms with Crippen molar-refractivity contribution in [3.05, 3.63) is 33.5 Å². The smallest absolute Gasteiger partial charge is 0.276 e. The van der Waals surface area contributed by atoms with Gasteiger partial charge in [0.2, 0.25) is 5.91 Å². The van der Waals surface area contributed by atoms with Crippen LogP contribution in [-0.2, 0) is 9.53 Å². The van der Waals surface area contributed by atoms with Crippen molar-refractivity contribution < 1.29 is 14.3 Å². The molecule has 1 aliphatic rings. The van der Waals surface area contributed by atoms with Gasteiger partial charge in [-0.2, -0.15) is 0 Å². The average molecular weight is 409 g/mol. The Labute approximate surface area is 166 Å². The molecule has 0 aliphatic carbocycles. The van der Waals surface area contributed by atoms with E-state index in [-0.39, 0.29) is 23.6 Å². The Hall–Kier alpha value is -1.84. The molecule has 0 bridgehead atoms. The molecule has 0 spiro atoms. The molecule has 9 heteroatoms. The van der Waals surface area contributed by atoms with Crippen molar-refractivity contribution in [2.24, 2.45) is 0 Å². The highest BCUT2D eigenvalue weighted by Crippen LogP contribution is 2.29. The summed E-state index contributed by atoms with van der Waals surface area (Å²) in [7, 11) is 0. The summed E-state index contributed by atoms with van der Waals surface area (Å²) in [6.45, 7) is 6.80. The fraction of sp³-hybridized carbons (Fsp3) is 0.556. The normalized spacial score (nSPS) is 18.3. The zero-order valence-corrected chi connectivity index (χ0v) is 17.3. The largest absolute Gasteiger partial charge is 0.376 e. The SMILES string of the molecule is CC(C)(C)NC(=O)[C@H](c1cccs1)N(C[C@H]1CCCO1)C(=O)c1csnn1. The van der Waals surface area contributed by atoms with Crippen molar-refractivity contribution in [1.82, 2.24) is 19.8 Å². The van der Waals surface area contributed by atoms with Crippen molar-refractivity contribution in [3.8, 4) is 0 Å². The Morgan fingerprint density at radius 2 is 2.26 bits per heavy atom. The molecule has 2 aromatic heterocycles. The second-order valence-electron chi connectivity index (χ2n) is 7.54. The van der Waals surface area contributed by atoms with E-state index in [4.69, 9.17) is 4.74 Å². The van der Waals surface area contributed by atoms with Gasteiger partial charge in [0.15, 0.2) is 5.69 Å². The molecular weight excluding hydrogens is 384 g/mol. The van der Waals surface area contributed by atoms with E-state index in [1.165, 1.54) is 11.3 Å². The average Bonchev–Trinajstić information content (AvgIpc) is 3.34. The first kappa shape index (κ1) is 19.9. The lowest BCUT2D eigenvalue weighted by molar-refractivity contribution is -0.127. The maximum Gasteiger partial charge on any atom is 0.276 e. The van der Waals surface area contributed by atoms with Gasteiger partial charge in [0, 0.05) is 28.9 Å². The molecule has 3 heterocycles. The Morgan fingerprint density at radius 3 is 2.81 bits per heavy atom. The summed E-state index contributed by atoms with van der Waals surface area (Å²) in [4.78, 5) is 28.8. The fourth-order valence-electron chi connectivity index (χ4n) is 3.03. The molecule has 27 heavy (non-hydrogen) atoms. The predicted molar refractivity (Wildman–Crippen MR) is 105 cm³/mol. The van der Waals surface area contributed by atoms with Crippen LogP contribution >= 0.6 is 22.9 Å². The Kier molecular flexibility index (Phi) is 6.23. The van der Waals surface area contributed by atoms with Crippen molar-refractivity contribution >= 4 is 34.7 Å². The number of hydrogen-bond acceptors (Lipinski definition) is 7. The molecule has 1 saturated heterocycles. The van der Waals surface area contributed by atoms with Crippen LogP contribution in [0.25, 0.3) is 0 Å². The van der Waals surface area contributed by atoms with Gasteiger partial charge < -0.3 is 15.0 Å². The third-order valence-corrected chi connectivity index (χ3v) is 5.56. The quantitative estimate of drug-likeness (QED) is 0.794. The molecule has 1 fully saturated rings. The minimum atomic E-state index is -0.734. The Balaban J connectivity index is 1.95. The number of rotatable bonds is 6. The number of ether oxygens (including phenoxy) is 1. The fourth-order valence-corrected chi connectivity index (χ4v) is 4.29. The van der Waals surface area contributed by atoms with Crippen LogP contribution in [0.4, 0.5) is 0 Å². The molecule has 0 saturated carbocycles. The summed E-state index contributed by atoms with van der Waals surface area (Å²) in [6, 6.07) is 3.03. The van der Waals surface area contributed by atoms with E-state index in [1.54, 1.807) is 10.3 Å². The van der Waals surface area contributed by atoms with Crippen molar-refractivity contribution in [3.63, 3.8) is 0 Å². The third-order valence-electron chi connectivity index (χ3n) is 4.14. The van der Waals surface area contributed by atoms with Crippen molar-refractivity contribution in [1.29, 1.82) is 0 Å². The summed E-state index contributed by atoms with van der Waals surface area (Å²) in [5.41, 5.74) is -0.156. The lowest BCUT2D eigenvalue weighted by atomic mass is 10.1. The molecule has 0 unspecified atom stereocenters. The highest BCUT2D eigenvalue weighted by atomic mass is 32.1. The maximum atomic E-state index is 13.2. The van der Waals surface area contributed by atoms with Crippen LogP contribution < -0.4 is 5.32 Å². The van der Waals surface area contributed by atoms with Gasteiger partial charge in [-0.25, -0.2) is 0 Å². The van der Waals surface area contributed by atoms with Crippen molar-refractivity contribution in [2.45, 2.75) is 51.3 Å². The van der Waals surface area contributed by atoms with E-state index in [9.17, 15) is 9.59 Å².